The summed E-state index contributed by atoms with van der Waals surface area (Å²) in [5.41, 5.74) is 1.93. The van der Waals surface area contributed by atoms with Gasteiger partial charge in [0.25, 0.3) is 5.91 Å². The summed E-state index contributed by atoms with van der Waals surface area (Å²) in [6, 6.07) is 11.5. The van der Waals surface area contributed by atoms with Crippen LogP contribution in [0.25, 0.3) is 17.0 Å². The van der Waals surface area contributed by atoms with E-state index in [0.29, 0.717) is 5.56 Å². The second kappa shape index (κ2) is 9.04. The van der Waals surface area contributed by atoms with Crippen molar-refractivity contribution >= 4 is 34.8 Å². The number of hydrogen-bond donors (Lipinski definition) is 4. The zero-order valence-corrected chi connectivity index (χ0v) is 16.1. The van der Waals surface area contributed by atoms with E-state index in [1.54, 1.807) is 6.20 Å². The molecule has 154 valence electrons. The standard InChI is InChI=1S/C22H20FN3O4/c1-13(27)25-19(10-14-6-8-16(23)9-7-14)21(28)26-20(22(29)30)11-15-12-24-18-5-3-2-4-17(15)18/h2-10,12,20,24H,11H2,1H3,(H,25,27)(H,26,28)(H,29,30)/b19-10+. The Morgan fingerprint density at radius 2 is 1.83 bits per heavy atom. The Morgan fingerprint density at radius 1 is 1.13 bits per heavy atom. The van der Waals surface area contributed by atoms with Gasteiger partial charge in [0, 0.05) is 30.4 Å². The number of halogens is 1. The minimum absolute atomic E-state index is 0.0506. The number of aromatic amines is 1. The summed E-state index contributed by atoms with van der Waals surface area (Å²) < 4.78 is 13.1. The molecule has 2 amide bonds. The van der Waals surface area contributed by atoms with Crippen molar-refractivity contribution in [3.05, 3.63) is 77.4 Å². The molecule has 0 radical (unpaired) electrons. The molecule has 0 bridgehead atoms. The number of aliphatic carboxylic acids is 1. The van der Waals surface area contributed by atoms with E-state index >= 15 is 0 Å². The highest BCUT2D eigenvalue weighted by Crippen LogP contribution is 2.19. The van der Waals surface area contributed by atoms with Crippen molar-refractivity contribution in [2.45, 2.75) is 19.4 Å². The molecule has 8 heteroatoms. The lowest BCUT2D eigenvalue weighted by atomic mass is 10.0. The van der Waals surface area contributed by atoms with Crippen LogP contribution in [0.1, 0.15) is 18.1 Å². The van der Waals surface area contributed by atoms with Crippen molar-refractivity contribution in [1.82, 2.24) is 15.6 Å². The van der Waals surface area contributed by atoms with Crippen LogP contribution in [0.3, 0.4) is 0 Å². The molecule has 4 N–H and O–H groups in total. The predicted molar refractivity (Wildman–Crippen MR) is 110 cm³/mol. The van der Waals surface area contributed by atoms with E-state index in [-0.39, 0.29) is 12.1 Å². The molecule has 0 aliphatic heterocycles. The van der Waals surface area contributed by atoms with Crippen molar-refractivity contribution in [3.8, 4) is 0 Å². The number of benzene rings is 2. The number of para-hydroxylation sites is 1. The third-order valence-electron chi connectivity index (χ3n) is 4.44. The number of aromatic nitrogens is 1. The van der Waals surface area contributed by atoms with Crippen LogP contribution in [0.4, 0.5) is 4.39 Å². The first kappa shape index (κ1) is 20.8. The molecular formula is C22H20FN3O4. The van der Waals surface area contributed by atoms with Crippen LogP contribution in [0.15, 0.2) is 60.4 Å². The second-order valence-electron chi connectivity index (χ2n) is 6.72. The minimum atomic E-state index is -1.22. The molecule has 0 aliphatic carbocycles. The fourth-order valence-electron chi connectivity index (χ4n) is 3.03. The maximum Gasteiger partial charge on any atom is 0.326 e. The van der Waals surface area contributed by atoms with Gasteiger partial charge in [-0.1, -0.05) is 30.3 Å². The molecule has 1 unspecified atom stereocenters. The Morgan fingerprint density at radius 3 is 2.50 bits per heavy atom. The largest absolute Gasteiger partial charge is 0.480 e. The van der Waals surface area contributed by atoms with Gasteiger partial charge >= 0.3 is 5.97 Å². The minimum Gasteiger partial charge on any atom is -0.480 e. The number of carboxylic acids is 1. The first-order valence-corrected chi connectivity index (χ1v) is 9.17. The molecule has 3 aromatic rings. The maximum absolute atomic E-state index is 13.1. The topological polar surface area (TPSA) is 111 Å². The molecule has 1 heterocycles. The quantitative estimate of drug-likeness (QED) is 0.450. The molecule has 30 heavy (non-hydrogen) atoms. The van der Waals surface area contributed by atoms with Gasteiger partial charge in [0.1, 0.15) is 17.6 Å². The third kappa shape index (κ3) is 5.11. The van der Waals surface area contributed by atoms with E-state index in [9.17, 15) is 23.9 Å². The Kier molecular flexibility index (Phi) is 6.26. The summed E-state index contributed by atoms with van der Waals surface area (Å²) in [5, 5.41) is 15.3. The average molecular weight is 409 g/mol. The molecule has 0 spiro atoms. The van der Waals surface area contributed by atoms with Crippen molar-refractivity contribution < 1.29 is 23.9 Å². The third-order valence-corrected chi connectivity index (χ3v) is 4.44. The predicted octanol–water partition coefficient (Wildman–Crippen LogP) is 2.60. The molecule has 1 aromatic heterocycles. The van der Waals surface area contributed by atoms with Crippen LogP contribution >= 0.6 is 0 Å². The first-order chi connectivity index (χ1) is 14.3. The Labute approximate surface area is 171 Å². The normalized spacial score (nSPS) is 12.4. The number of carbonyl (C=O) groups is 3. The second-order valence-corrected chi connectivity index (χ2v) is 6.72. The van der Waals surface area contributed by atoms with Crippen LogP contribution in [0.5, 0.6) is 0 Å². The van der Waals surface area contributed by atoms with Crippen molar-refractivity contribution in [1.29, 1.82) is 0 Å². The van der Waals surface area contributed by atoms with Gasteiger partial charge < -0.3 is 20.7 Å². The Hall–Kier alpha value is -3.94. The van der Waals surface area contributed by atoms with E-state index in [1.165, 1.54) is 37.3 Å². The highest BCUT2D eigenvalue weighted by atomic mass is 19.1. The lowest BCUT2D eigenvalue weighted by Gasteiger charge is -2.16. The number of carbonyl (C=O) groups excluding carboxylic acids is 2. The summed E-state index contributed by atoms with van der Waals surface area (Å²) >= 11 is 0. The van der Waals surface area contributed by atoms with Gasteiger partial charge in [0.15, 0.2) is 0 Å². The maximum atomic E-state index is 13.1. The van der Waals surface area contributed by atoms with E-state index in [0.717, 1.165) is 16.5 Å². The number of H-pyrrole nitrogens is 1. The van der Waals surface area contributed by atoms with E-state index in [1.807, 2.05) is 24.3 Å². The van der Waals surface area contributed by atoms with Gasteiger partial charge in [-0.15, -0.1) is 0 Å². The zero-order valence-electron chi connectivity index (χ0n) is 16.1. The number of fused-ring (bicyclic) bond motifs is 1. The smallest absolute Gasteiger partial charge is 0.326 e. The summed E-state index contributed by atoms with van der Waals surface area (Å²) in [6.07, 6.45) is 3.10. The molecule has 0 aliphatic rings. The van der Waals surface area contributed by atoms with Crippen molar-refractivity contribution in [2.24, 2.45) is 0 Å². The van der Waals surface area contributed by atoms with Gasteiger partial charge in [-0.25, -0.2) is 9.18 Å². The zero-order chi connectivity index (χ0) is 21.7. The summed E-state index contributed by atoms with van der Waals surface area (Å²) in [4.78, 5) is 39.1. The van der Waals surface area contributed by atoms with Gasteiger partial charge in [0.05, 0.1) is 0 Å². The molecule has 0 fully saturated rings. The molecule has 2 aromatic carbocycles. The van der Waals surface area contributed by atoms with Gasteiger partial charge in [-0.05, 0) is 35.4 Å². The molecule has 1 atom stereocenters. The fourth-order valence-corrected chi connectivity index (χ4v) is 3.03. The number of hydrogen-bond acceptors (Lipinski definition) is 3. The lowest BCUT2D eigenvalue weighted by molar-refractivity contribution is -0.141. The van der Waals surface area contributed by atoms with E-state index < -0.39 is 29.6 Å². The molecule has 7 nitrogen and oxygen atoms in total. The molecule has 3 rings (SSSR count). The SMILES string of the molecule is CC(=O)N/C(=C/c1ccc(F)cc1)C(=O)NC(Cc1c[nH]c2ccccc12)C(=O)O. The lowest BCUT2D eigenvalue weighted by Crippen LogP contribution is -2.45. The number of carboxylic acid groups (broad SMARTS) is 1. The fraction of sp³-hybridized carbons (Fsp3) is 0.136. The highest BCUT2D eigenvalue weighted by Gasteiger charge is 2.24. The van der Waals surface area contributed by atoms with E-state index in [2.05, 4.69) is 15.6 Å². The number of nitrogens with one attached hydrogen (secondary N) is 3. The highest BCUT2D eigenvalue weighted by molar-refractivity contribution is 6.02. The van der Waals surface area contributed by atoms with Crippen LogP contribution < -0.4 is 10.6 Å². The molecule has 0 saturated heterocycles. The molecular weight excluding hydrogens is 389 g/mol. The van der Waals surface area contributed by atoms with Gasteiger partial charge in [-0.2, -0.15) is 0 Å². The monoisotopic (exact) mass is 409 g/mol. The van der Waals surface area contributed by atoms with Gasteiger partial charge in [-0.3, -0.25) is 9.59 Å². The van der Waals surface area contributed by atoms with Crippen LogP contribution in [-0.2, 0) is 20.8 Å². The molecule has 0 saturated carbocycles. The van der Waals surface area contributed by atoms with Crippen molar-refractivity contribution in [2.75, 3.05) is 0 Å². The van der Waals surface area contributed by atoms with Crippen molar-refractivity contribution in [3.63, 3.8) is 0 Å². The van der Waals surface area contributed by atoms with Crippen LogP contribution in [-0.4, -0.2) is 33.9 Å². The van der Waals surface area contributed by atoms with Gasteiger partial charge in [0.2, 0.25) is 5.91 Å². The Balaban J connectivity index is 1.83. The Bertz CT molecular complexity index is 1120. The van der Waals surface area contributed by atoms with Crippen LogP contribution in [0.2, 0.25) is 0 Å². The first-order valence-electron chi connectivity index (χ1n) is 9.17. The summed E-state index contributed by atoms with van der Waals surface area (Å²) in [7, 11) is 0. The summed E-state index contributed by atoms with van der Waals surface area (Å²) in [5.74, 6) is -2.91. The van der Waals surface area contributed by atoms with E-state index in [4.69, 9.17) is 0 Å². The average Bonchev–Trinajstić information content (AvgIpc) is 3.11. The van der Waals surface area contributed by atoms with Crippen LogP contribution in [0, 0.1) is 5.82 Å². The summed E-state index contributed by atoms with van der Waals surface area (Å²) in [6.45, 7) is 1.23. The number of amides is 2. The number of rotatable bonds is 7.